The van der Waals surface area contributed by atoms with E-state index in [2.05, 4.69) is 24.3 Å². The number of hydrogen-bond acceptors (Lipinski definition) is 2. The molecule has 3 rings (SSSR count). The van der Waals surface area contributed by atoms with E-state index in [4.69, 9.17) is 5.73 Å². The van der Waals surface area contributed by atoms with Gasteiger partial charge in [0.05, 0.1) is 0 Å². The summed E-state index contributed by atoms with van der Waals surface area (Å²) in [6.07, 6.45) is 3.87. The Hall–Kier alpha value is -1.84. The van der Waals surface area contributed by atoms with Gasteiger partial charge in [0, 0.05) is 26.1 Å². The van der Waals surface area contributed by atoms with Crippen LogP contribution in [0.25, 0.3) is 11.1 Å². The first-order valence-electron chi connectivity index (χ1n) is 8.78. The molecular formula is C21H27ClN2O. The van der Waals surface area contributed by atoms with E-state index in [1.54, 1.807) is 0 Å². The van der Waals surface area contributed by atoms with E-state index in [0.717, 1.165) is 19.3 Å². The zero-order valence-electron chi connectivity index (χ0n) is 14.7. The smallest absolute Gasteiger partial charge is 0.222 e. The van der Waals surface area contributed by atoms with E-state index < -0.39 is 0 Å². The first kappa shape index (κ1) is 19.5. The molecule has 1 amide bonds. The quantitative estimate of drug-likeness (QED) is 0.868. The normalized spacial score (nSPS) is 19.3. The van der Waals surface area contributed by atoms with E-state index in [9.17, 15) is 4.79 Å². The summed E-state index contributed by atoms with van der Waals surface area (Å²) in [5.41, 5.74) is 9.66. The average molecular weight is 359 g/mol. The molecule has 134 valence electrons. The van der Waals surface area contributed by atoms with Crippen LogP contribution < -0.4 is 5.73 Å². The second-order valence-electron chi connectivity index (χ2n) is 6.83. The highest BCUT2D eigenvalue weighted by molar-refractivity contribution is 5.85. The van der Waals surface area contributed by atoms with Crippen molar-refractivity contribution in [2.45, 2.75) is 38.3 Å². The maximum atomic E-state index is 12.6. The molecule has 0 bridgehead atoms. The Bertz CT molecular complexity index is 689. The largest absolute Gasteiger partial charge is 0.341 e. The van der Waals surface area contributed by atoms with Crippen LogP contribution >= 0.6 is 12.4 Å². The van der Waals surface area contributed by atoms with Gasteiger partial charge in [-0.2, -0.15) is 0 Å². The molecule has 0 aliphatic heterocycles. The number of halogens is 1. The molecule has 1 aliphatic rings. The number of amides is 1. The molecular weight excluding hydrogens is 332 g/mol. The lowest BCUT2D eigenvalue weighted by molar-refractivity contribution is -0.131. The van der Waals surface area contributed by atoms with Crippen LogP contribution in [0.2, 0.25) is 0 Å². The summed E-state index contributed by atoms with van der Waals surface area (Å²) in [5, 5.41) is 0. The number of benzene rings is 2. The molecule has 0 unspecified atom stereocenters. The molecule has 2 aromatic rings. The monoisotopic (exact) mass is 358 g/mol. The lowest BCUT2D eigenvalue weighted by atomic mass is 9.98. The Morgan fingerprint density at radius 3 is 2.44 bits per heavy atom. The van der Waals surface area contributed by atoms with Crippen molar-refractivity contribution in [1.82, 2.24) is 4.90 Å². The highest BCUT2D eigenvalue weighted by Gasteiger charge is 2.27. The van der Waals surface area contributed by atoms with Crippen LogP contribution in [0, 0.1) is 5.92 Å². The van der Waals surface area contributed by atoms with Gasteiger partial charge in [-0.05, 0) is 35.4 Å². The zero-order chi connectivity index (χ0) is 16.9. The zero-order valence-corrected chi connectivity index (χ0v) is 15.5. The minimum absolute atomic E-state index is 0. The Labute approximate surface area is 156 Å². The lowest BCUT2D eigenvalue weighted by Crippen LogP contribution is -2.32. The molecule has 0 saturated heterocycles. The van der Waals surface area contributed by atoms with Gasteiger partial charge in [0.25, 0.3) is 0 Å². The van der Waals surface area contributed by atoms with Crippen LogP contribution in [0.3, 0.4) is 0 Å². The summed E-state index contributed by atoms with van der Waals surface area (Å²) in [6.45, 7) is 0.631. The van der Waals surface area contributed by atoms with E-state index in [1.807, 2.05) is 42.3 Å². The lowest BCUT2D eigenvalue weighted by Gasteiger charge is -2.22. The molecule has 2 N–H and O–H groups in total. The summed E-state index contributed by atoms with van der Waals surface area (Å²) in [7, 11) is 1.89. The van der Waals surface area contributed by atoms with Crippen molar-refractivity contribution in [2.24, 2.45) is 11.7 Å². The van der Waals surface area contributed by atoms with E-state index >= 15 is 0 Å². The van der Waals surface area contributed by atoms with Crippen LogP contribution in [-0.2, 0) is 11.3 Å². The van der Waals surface area contributed by atoms with Gasteiger partial charge in [-0.25, -0.2) is 0 Å². The molecule has 0 spiro atoms. The Kier molecular flexibility index (Phi) is 7.03. The summed E-state index contributed by atoms with van der Waals surface area (Å²) in [5.74, 6) is 0.546. The Morgan fingerprint density at radius 1 is 1.08 bits per heavy atom. The standard InChI is InChI=1S/C21H26N2O.ClH/c1-23(21(24)14-17-11-7-13-20(17)22)15-18-10-5-6-12-19(18)16-8-3-2-4-9-16;/h2-6,8-10,12,17,20H,7,11,13-15,22H2,1H3;1H/t17-,20+;/m0./s1. The SMILES string of the molecule is CN(Cc1ccccc1-c1ccccc1)C(=O)C[C@@H]1CCC[C@H]1N.Cl. The van der Waals surface area contributed by atoms with Gasteiger partial charge < -0.3 is 10.6 Å². The number of carbonyl (C=O) groups excluding carboxylic acids is 1. The highest BCUT2D eigenvalue weighted by Crippen LogP contribution is 2.28. The summed E-state index contributed by atoms with van der Waals surface area (Å²) in [6, 6.07) is 18.8. The van der Waals surface area contributed by atoms with E-state index in [0.29, 0.717) is 18.9 Å². The average Bonchev–Trinajstić information content (AvgIpc) is 3.01. The molecule has 0 radical (unpaired) electrons. The first-order chi connectivity index (χ1) is 11.6. The predicted octanol–water partition coefficient (Wildman–Crippen LogP) is 4.25. The van der Waals surface area contributed by atoms with Crippen molar-refractivity contribution < 1.29 is 4.79 Å². The van der Waals surface area contributed by atoms with Crippen LogP contribution in [-0.4, -0.2) is 23.9 Å². The number of nitrogens with zero attached hydrogens (tertiary/aromatic N) is 1. The minimum atomic E-state index is 0. The second kappa shape index (κ2) is 9.02. The van der Waals surface area contributed by atoms with Gasteiger partial charge in [-0.3, -0.25) is 4.79 Å². The molecule has 2 atom stereocenters. The maximum Gasteiger partial charge on any atom is 0.222 e. The number of hydrogen-bond donors (Lipinski definition) is 1. The van der Waals surface area contributed by atoms with Crippen molar-refractivity contribution in [3.05, 3.63) is 60.2 Å². The van der Waals surface area contributed by atoms with Gasteiger partial charge >= 0.3 is 0 Å². The third kappa shape index (κ3) is 4.83. The molecule has 2 aromatic carbocycles. The molecule has 4 heteroatoms. The van der Waals surface area contributed by atoms with Crippen molar-refractivity contribution in [2.75, 3.05) is 7.05 Å². The van der Waals surface area contributed by atoms with Crippen LogP contribution in [0.1, 0.15) is 31.2 Å². The van der Waals surface area contributed by atoms with Gasteiger partial charge in [0.2, 0.25) is 5.91 Å². The summed E-state index contributed by atoms with van der Waals surface area (Å²) >= 11 is 0. The van der Waals surface area contributed by atoms with Crippen molar-refractivity contribution in [3.8, 4) is 11.1 Å². The molecule has 1 fully saturated rings. The molecule has 25 heavy (non-hydrogen) atoms. The first-order valence-corrected chi connectivity index (χ1v) is 8.78. The fourth-order valence-electron chi connectivity index (χ4n) is 3.60. The van der Waals surface area contributed by atoms with Gasteiger partial charge in [-0.15, -0.1) is 12.4 Å². The van der Waals surface area contributed by atoms with Gasteiger partial charge in [0.15, 0.2) is 0 Å². The molecule has 1 aliphatic carbocycles. The second-order valence-corrected chi connectivity index (χ2v) is 6.83. The number of nitrogens with two attached hydrogens (primary N) is 1. The number of carbonyl (C=O) groups is 1. The molecule has 1 saturated carbocycles. The fraction of sp³-hybridized carbons (Fsp3) is 0.381. The summed E-state index contributed by atoms with van der Waals surface area (Å²) in [4.78, 5) is 14.4. The Morgan fingerprint density at radius 2 is 1.76 bits per heavy atom. The topological polar surface area (TPSA) is 46.3 Å². The van der Waals surface area contributed by atoms with Crippen LogP contribution in [0.5, 0.6) is 0 Å². The Balaban J connectivity index is 0.00000225. The van der Waals surface area contributed by atoms with Crippen molar-refractivity contribution in [1.29, 1.82) is 0 Å². The third-order valence-electron chi connectivity index (χ3n) is 5.09. The summed E-state index contributed by atoms with van der Waals surface area (Å²) < 4.78 is 0. The van der Waals surface area contributed by atoms with Crippen molar-refractivity contribution >= 4 is 18.3 Å². The van der Waals surface area contributed by atoms with Gasteiger partial charge in [0.1, 0.15) is 0 Å². The fourth-order valence-corrected chi connectivity index (χ4v) is 3.60. The highest BCUT2D eigenvalue weighted by atomic mass is 35.5. The van der Waals surface area contributed by atoms with Crippen LogP contribution in [0.4, 0.5) is 0 Å². The van der Waals surface area contributed by atoms with Crippen LogP contribution in [0.15, 0.2) is 54.6 Å². The van der Waals surface area contributed by atoms with Crippen molar-refractivity contribution in [3.63, 3.8) is 0 Å². The van der Waals surface area contributed by atoms with E-state index in [1.165, 1.54) is 16.7 Å². The molecule has 3 nitrogen and oxygen atoms in total. The van der Waals surface area contributed by atoms with E-state index in [-0.39, 0.29) is 24.4 Å². The maximum absolute atomic E-state index is 12.6. The minimum Gasteiger partial charge on any atom is -0.341 e. The molecule has 0 aromatic heterocycles. The third-order valence-corrected chi connectivity index (χ3v) is 5.09. The predicted molar refractivity (Wildman–Crippen MR) is 106 cm³/mol. The van der Waals surface area contributed by atoms with Gasteiger partial charge in [-0.1, -0.05) is 61.0 Å². The molecule has 0 heterocycles. The number of rotatable bonds is 5.